The fraction of sp³-hybridized carbons (Fsp3) is 0.188. The minimum absolute atomic E-state index is 0.0535. The summed E-state index contributed by atoms with van der Waals surface area (Å²) in [7, 11) is 0. The number of ether oxygens (including phenoxy) is 1. The molecule has 21 heavy (non-hydrogen) atoms. The lowest BCUT2D eigenvalue weighted by molar-refractivity contribution is 0.0988. The first kappa shape index (κ1) is 15.7. The molecule has 0 amide bonds. The molecule has 0 unspecified atom stereocenters. The molecule has 110 valence electrons. The third-order valence-electron chi connectivity index (χ3n) is 3.03. The lowest BCUT2D eigenvalue weighted by Crippen LogP contribution is -2.02. The zero-order valence-electron chi connectivity index (χ0n) is 11.5. The Morgan fingerprint density at radius 1 is 1.14 bits per heavy atom. The normalized spacial score (nSPS) is 10.4. The van der Waals surface area contributed by atoms with E-state index in [9.17, 15) is 4.79 Å². The van der Waals surface area contributed by atoms with Crippen LogP contribution in [0.5, 0.6) is 5.75 Å². The molecule has 5 heteroatoms. The molecule has 0 fully saturated rings. The van der Waals surface area contributed by atoms with Gasteiger partial charge < -0.3 is 10.5 Å². The number of benzene rings is 2. The molecule has 0 saturated carbocycles. The SMILES string of the molecule is CCC(=O)c1ccc(OCc2ccc(Cl)c(Cl)c2)c(N)c1. The quantitative estimate of drug-likeness (QED) is 0.638. The number of hydrogen-bond donors (Lipinski definition) is 1. The minimum atomic E-state index is 0.0535. The molecule has 0 aliphatic carbocycles. The second kappa shape index (κ2) is 6.83. The average molecular weight is 324 g/mol. The molecule has 0 aliphatic heterocycles. The second-order valence-corrected chi connectivity index (χ2v) is 5.38. The molecular formula is C16H15Cl2NO2. The van der Waals surface area contributed by atoms with Gasteiger partial charge in [0.2, 0.25) is 0 Å². The molecule has 0 atom stereocenters. The van der Waals surface area contributed by atoms with Gasteiger partial charge in [0.15, 0.2) is 5.78 Å². The molecule has 0 saturated heterocycles. The van der Waals surface area contributed by atoms with E-state index in [0.717, 1.165) is 5.56 Å². The number of nitrogens with two attached hydrogens (primary N) is 1. The molecular weight excluding hydrogens is 309 g/mol. The Bertz CT molecular complexity index is 671. The Morgan fingerprint density at radius 3 is 2.52 bits per heavy atom. The third-order valence-corrected chi connectivity index (χ3v) is 3.77. The van der Waals surface area contributed by atoms with Crippen molar-refractivity contribution in [2.24, 2.45) is 0 Å². The Kier molecular flexibility index (Phi) is 5.10. The van der Waals surface area contributed by atoms with Crippen LogP contribution < -0.4 is 10.5 Å². The molecule has 2 aromatic carbocycles. The third kappa shape index (κ3) is 3.90. The fourth-order valence-corrected chi connectivity index (χ4v) is 2.17. The molecule has 2 N–H and O–H groups in total. The van der Waals surface area contributed by atoms with Crippen LogP contribution in [-0.2, 0) is 6.61 Å². The highest BCUT2D eigenvalue weighted by Gasteiger charge is 2.08. The van der Waals surface area contributed by atoms with Gasteiger partial charge in [0, 0.05) is 12.0 Å². The number of halogens is 2. The Labute approximate surface area is 133 Å². The monoisotopic (exact) mass is 323 g/mol. The van der Waals surface area contributed by atoms with E-state index < -0.39 is 0 Å². The summed E-state index contributed by atoms with van der Waals surface area (Å²) in [6.07, 6.45) is 0.447. The van der Waals surface area contributed by atoms with Gasteiger partial charge >= 0.3 is 0 Å². The van der Waals surface area contributed by atoms with Crippen LogP contribution in [-0.4, -0.2) is 5.78 Å². The van der Waals surface area contributed by atoms with Gasteiger partial charge in [0.1, 0.15) is 12.4 Å². The van der Waals surface area contributed by atoms with Crippen LogP contribution in [0.4, 0.5) is 5.69 Å². The summed E-state index contributed by atoms with van der Waals surface area (Å²) in [5, 5.41) is 0.983. The number of anilines is 1. The van der Waals surface area contributed by atoms with Crippen molar-refractivity contribution in [2.75, 3.05) is 5.73 Å². The van der Waals surface area contributed by atoms with E-state index >= 15 is 0 Å². The summed E-state index contributed by atoms with van der Waals surface area (Å²) in [5.41, 5.74) is 7.83. The maximum Gasteiger partial charge on any atom is 0.162 e. The molecule has 0 heterocycles. The maximum absolute atomic E-state index is 11.6. The minimum Gasteiger partial charge on any atom is -0.487 e. The highest BCUT2D eigenvalue weighted by atomic mass is 35.5. The van der Waals surface area contributed by atoms with E-state index in [1.165, 1.54) is 0 Å². The summed E-state index contributed by atoms with van der Waals surface area (Å²) in [4.78, 5) is 11.6. The fourth-order valence-electron chi connectivity index (χ4n) is 1.85. The van der Waals surface area contributed by atoms with Crippen LogP contribution in [0.2, 0.25) is 10.0 Å². The molecule has 0 bridgehead atoms. The smallest absolute Gasteiger partial charge is 0.162 e. The highest BCUT2D eigenvalue weighted by molar-refractivity contribution is 6.42. The van der Waals surface area contributed by atoms with Crippen molar-refractivity contribution in [3.63, 3.8) is 0 Å². The van der Waals surface area contributed by atoms with E-state index in [1.807, 2.05) is 13.0 Å². The predicted octanol–water partition coefficient (Wildman–Crippen LogP) is 4.75. The average Bonchev–Trinajstić information content (AvgIpc) is 2.48. The lowest BCUT2D eigenvalue weighted by atomic mass is 10.1. The summed E-state index contributed by atoms with van der Waals surface area (Å²) >= 11 is 11.8. The Balaban J connectivity index is 2.09. The van der Waals surface area contributed by atoms with Crippen molar-refractivity contribution in [2.45, 2.75) is 20.0 Å². The lowest BCUT2D eigenvalue weighted by Gasteiger charge is -2.10. The van der Waals surface area contributed by atoms with Crippen molar-refractivity contribution >= 4 is 34.7 Å². The van der Waals surface area contributed by atoms with Crippen molar-refractivity contribution < 1.29 is 9.53 Å². The van der Waals surface area contributed by atoms with Gasteiger partial charge in [-0.05, 0) is 35.9 Å². The molecule has 0 radical (unpaired) electrons. The van der Waals surface area contributed by atoms with Crippen molar-refractivity contribution in [1.82, 2.24) is 0 Å². The largest absolute Gasteiger partial charge is 0.487 e. The molecule has 2 aromatic rings. The molecule has 0 aromatic heterocycles. The van der Waals surface area contributed by atoms with Crippen LogP contribution in [0.1, 0.15) is 29.3 Å². The summed E-state index contributed by atoms with van der Waals surface area (Å²) < 4.78 is 5.65. The van der Waals surface area contributed by atoms with Crippen LogP contribution in [0.25, 0.3) is 0 Å². The first-order valence-electron chi connectivity index (χ1n) is 6.50. The Morgan fingerprint density at radius 2 is 1.90 bits per heavy atom. The molecule has 0 aliphatic rings. The number of nitrogen functional groups attached to an aromatic ring is 1. The number of carbonyl (C=O) groups is 1. The maximum atomic E-state index is 11.6. The number of Topliss-reactive ketones (excluding diaryl/α,β-unsaturated/α-hetero) is 1. The second-order valence-electron chi connectivity index (χ2n) is 4.57. The zero-order chi connectivity index (χ0) is 15.4. The van der Waals surface area contributed by atoms with Gasteiger partial charge in [-0.25, -0.2) is 0 Å². The van der Waals surface area contributed by atoms with Crippen LogP contribution in [0, 0.1) is 0 Å². The zero-order valence-corrected chi connectivity index (χ0v) is 13.0. The van der Waals surface area contributed by atoms with Gasteiger partial charge in [-0.2, -0.15) is 0 Å². The Hall–Kier alpha value is -1.71. The summed E-state index contributed by atoms with van der Waals surface area (Å²) in [6.45, 7) is 2.13. The summed E-state index contributed by atoms with van der Waals surface area (Å²) in [6, 6.07) is 10.3. The van der Waals surface area contributed by atoms with Crippen molar-refractivity contribution in [1.29, 1.82) is 0 Å². The number of rotatable bonds is 5. The van der Waals surface area contributed by atoms with Crippen LogP contribution in [0.3, 0.4) is 0 Å². The topological polar surface area (TPSA) is 52.3 Å². The standard InChI is InChI=1S/C16H15Cl2NO2/c1-2-15(20)11-4-6-16(14(19)8-11)21-9-10-3-5-12(17)13(18)7-10/h3-8H,2,9,19H2,1H3. The van der Waals surface area contributed by atoms with Gasteiger partial charge in [0.05, 0.1) is 15.7 Å². The van der Waals surface area contributed by atoms with E-state index in [4.69, 9.17) is 33.7 Å². The van der Waals surface area contributed by atoms with Gasteiger partial charge in [-0.15, -0.1) is 0 Å². The highest BCUT2D eigenvalue weighted by Crippen LogP contribution is 2.26. The van der Waals surface area contributed by atoms with E-state index in [-0.39, 0.29) is 5.78 Å². The predicted molar refractivity (Wildman–Crippen MR) is 86.3 cm³/mol. The van der Waals surface area contributed by atoms with Gasteiger partial charge in [-0.1, -0.05) is 36.2 Å². The summed E-state index contributed by atoms with van der Waals surface area (Å²) in [5.74, 6) is 0.589. The molecule has 0 spiro atoms. The van der Waals surface area contributed by atoms with Gasteiger partial charge in [-0.3, -0.25) is 4.79 Å². The molecule has 2 rings (SSSR count). The van der Waals surface area contributed by atoms with E-state index in [1.54, 1.807) is 30.3 Å². The molecule has 3 nitrogen and oxygen atoms in total. The van der Waals surface area contributed by atoms with Crippen molar-refractivity contribution in [3.05, 3.63) is 57.6 Å². The van der Waals surface area contributed by atoms with Crippen LogP contribution in [0.15, 0.2) is 36.4 Å². The first-order valence-corrected chi connectivity index (χ1v) is 7.26. The number of ketones is 1. The van der Waals surface area contributed by atoms with E-state index in [2.05, 4.69) is 0 Å². The van der Waals surface area contributed by atoms with E-state index in [0.29, 0.717) is 40.1 Å². The number of carbonyl (C=O) groups excluding carboxylic acids is 1. The van der Waals surface area contributed by atoms with Gasteiger partial charge in [0.25, 0.3) is 0 Å². The number of hydrogen-bond acceptors (Lipinski definition) is 3. The first-order chi connectivity index (χ1) is 10.0. The van der Waals surface area contributed by atoms with Crippen LogP contribution >= 0.6 is 23.2 Å². The van der Waals surface area contributed by atoms with Crippen molar-refractivity contribution in [3.8, 4) is 5.75 Å².